The Balaban J connectivity index is 1.63. The highest BCUT2D eigenvalue weighted by Gasteiger charge is 2.26. The van der Waals surface area contributed by atoms with Crippen LogP contribution in [0.3, 0.4) is 0 Å². The van der Waals surface area contributed by atoms with Gasteiger partial charge in [-0.25, -0.2) is 0 Å². The molecule has 0 bridgehead atoms. The molecular weight excluding hydrogens is 288 g/mol. The van der Waals surface area contributed by atoms with Crippen LogP contribution >= 0.6 is 0 Å². The van der Waals surface area contributed by atoms with E-state index in [-0.39, 0.29) is 18.6 Å². The highest BCUT2D eigenvalue weighted by Crippen LogP contribution is 2.21. The van der Waals surface area contributed by atoms with Crippen LogP contribution in [-0.4, -0.2) is 41.7 Å². The number of aliphatic hydroxyl groups is 1. The highest BCUT2D eigenvalue weighted by molar-refractivity contribution is 5.97. The highest BCUT2D eigenvalue weighted by atomic mass is 16.3. The summed E-state index contributed by atoms with van der Waals surface area (Å²) < 4.78 is 0. The number of benzene rings is 2. The Kier molecular flexibility index (Phi) is 4.94. The summed E-state index contributed by atoms with van der Waals surface area (Å²) >= 11 is 0. The van der Waals surface area contributed by atoms with E-state index in [0.717, 1.165) is 37.0 Å². The second-order valence-electron chi connectivity index (χ2n) is 6.39. The van der Waals surface area contributed by atoms with E-state index >= 15 is 0 Å². The topological polar surface area (TPSA) is 52.6 Å². The maximum atomic E-state index is 12.5. The van der Waals surface area contributed by atoms with E-state index in [1.54, 1.807) is 0 Å². The summed E-state index contributed by atoms with van der Waals surface area (Å²) in [4.78, 5) is 14.7. The van der Waals surface area contributed by atoms with Crippen molar-refractivity contribution in [2.45, 2.75) is 25.8 Å². The summed E-state index contributed by atoms with van der Waals surface area (Å²) in [5.74, 6) is 0.421. The summed E-state index contributed by atoms with van der Waals surface area (Å²) in [6, 6.07) is 14.0. The minimum Gasteiger partial charge on any atom is -0.396 e. The van der Waals surface area contributed by atoms with E-state index in [0.29, 0.717) is 5.92 Å². The summed E-state index contributed by atoms with van der Waals surface area (Å²) in [6.45, 7) is 3.95. The van der Waals surface area contributed by atoms with Crippen molar-refractivity contribution in [3.05, 3.63) is 42.5 Å². The molecule has 0 saturated carbocycles. The van der Waals surface area contributed by atoms with Crippen LogP contribution in [0.5, 0.6) is 0 Å². The summed E-state index contributed by atoms with van der Waals surface area (Å²) in [5, 5.41) is 14.5. The van der Waals surface area contributed by atoms with Crippen LogP contribution in [0.4, 0.5) is 5.69 Å². The number of nitrogens with one attached hydrogen (secondary N) is 1. The third-order valence-electron chi connectivity index (χ3n) is 4.85. The largest absolute Gasteiger partial charge is 0.396 e. The van der Waals surface area contributed by atoms with Gasteiger partial charge in [0.2, 0.25) is 5.91 Å². The monoisotopic (exact) mass is 312 g/mol. The number of hydrogen-bond donors (Lipinski definition) is 2. The molecule has 0 aromatic heterocycles. The van der Waals surface area contributed by atoms with Crippen LogP contribution in [0.25, 0.3) is 10.8 Å². The lowest BCUT2D eigenvalue weighted by Crippen LogP contribution is -2.46. The number of hydrogen-bond acceptors (Lipinski definition) is 3. The third-order valence-corrected chi connectivity index (χ3v) is 4.85. The predicted octanol–water partition coefficient (Wildman–Crippen LogP) is 2.87. The molecule has 1 aliphatic rings. The number of nitrogens with zero attached hydrogens (tertiary/aromatic N) is 1. The summed E-state index contributed by atoms with van der Waals surface area (Å²) in [6.07, 6.45) is 1.92. The molecule has 0 radical (unpaired) electrons. The Bertz CT molecular complexity index is 678. The molecule has 4 heteroatoms. The minimum absolute atomic E-state index is 0.0303. The van der Waals surface area contributed by atoms with Gasteiger partial charge in [0.15, 0.2) is 0 Å². The maximum absolute atomic E-state index is 12.5. The second kappa shape index (κ2) is 7.11. The Morgan fingerprint density at radius 2 is 1.91 bits per heavy atom. The van der Waals surface area contributed by atoms with Gasteiger partial charge in [0.05, 0.1) is 6.04 Å². The first kappa shape index (κ1) is 16.0. The van der Waals surface area contributed by atoms with Gasteiger partial charge in [0.1, 0.15) is 0 Å². The van der Waals surface area contributed by atoms with Crippen molar-refractivity contribution in [1.82, 2.24) is 4.90 Å². The lowest BCUT2D eigenvalue weighted by Gasteiger charge is -2.34. The van der Waals surface area contributed by atoms with Crippen LogP contribution in [0.2, 0.25) is 0 Å². The van der Waals surface area contributed by atoms with Gasteiger partial charge in [-0.3, -0.25) is 9.69 Å². The first-order valence-electron chi connectivity index (χ1n) is 8.32. The number of carbonyl (C=O) groups excluding carboxylic acids is 1. The number of aliphatic hydroxyl groups excluding tert-OH is 1. The molecule has 1 fully saturated rings. The molecule has 1 unspecified atom stereocenters. The zero-order chi connectivity index (χ0) is 16.2. The minimum atomic E-state index is -0.152. The molecular formula is C19H24N2O2. The number of amides is 1. The number of likely N-dealkylation sites (tertiary alicyclic amines) is 1. The van der Waals surface area contributed by atoms with Gasteiger partial charge in [-0.2, -0.15) is 0 Å². The molecule has 0 spiro atoms. The van der Waals surface area contributed by atoms with Gasteiger partial charge in [0.25, 0.3) is 0 Å². The van der Waals surface area contributed by atoms with Gasteiger partial charge in [-0.05, 0) is 61.7 Å². The van der Waals surface area contributed by atoms with Gasteiger partial charge >= 0.3 is 0 Å². The van der Waals surface area contributed by atoms with Crippen molar-refractivity contribution < 1.29 is 9.90 Å². The second-order valence-corrected chi connectivity index (χ2v) is 6.39. The van der Waals surface area contributed by atoms with Gasteiger partial charge in [-0.1, -0.05) is 30.3 Å². The summed E-state index contributed by atoms with van der Waals surface area (Å²) in [7, 11) is 0. The van der Waals surface area contributed by atoms with Gasteiger partial charge < -0.3 is 10.4 Å². The molecule has 2 aromatic carbocycles. The summed E-state index contributed by atoms with van der Waals surface area (Å²) in [5.41, 5.74) is 0.839. The molecule has 2 N–H and O–H groups in total. The number of anilines is 1. The molecule has 1 aliphatic heterocycles. The van der Waals surface area contributed by atoms with E-state index in [2.05, 4.69) is 16.3 Å². The molecule has 2 aromatic rings. The zero-order valence-electron chi connectivity index (χ0n) is 13.5. The SMILES string of the molecule is CC(C(=O)Nc1ccc2ccccc2c1)N1CCC(CO)CC1. The molecule has 1 heterocycles. The van der Waals surface area contributed by atoms with Crippen molar-refractivity contribution in [3.63, 3.8) is 0 Å². The number of carbonyl (C=O) groups is 1. The normalized spacial score (nSPS) is 18.0. The van der Waals surface area contributed by atoms with E-state index in [4.69, 9.17) is 0 Å². The van der Waals surface area contributed by atoms with Crippen molar-refractivity contribution in [2.24, 2.45) is 5.92 Å². The molecule has 0 aliphatic carbocycles. The van der Waals surface area contributed by atoms with Crippen LogP contribution < -0.4 is 5.32 Å². The van der Waals surface area contributed by atoms with Crippen LogP contribution in [-0.2, 0) is 4.79 Å². The van der Waals surface area contributed by atoms with Crippen molar-refractivity contribution in [3.8, 4) is 0 Å². The quantitative estimate of drug-likeness (QED) is 0.913. The van der Waals surface area contributed by atoms with Gasteiger partial charge in [0, 0.05) is 12.3 Å². The van der Waals surface area contributed by atoms with E-state index in [9.17, 15) is 9.90 Å². The molecule has 4 nitrogen and oxygen atoms in total. The Morgan fingerprint density at radius 1 is 1.22 bits per heavy atom. The fraction of sp³-hybridized carbons (Fsp3) is 0.421. The zero-order valence-corrected chi connectivity index (χ0v) is 13.5. The third kappa shape index (κ3) is 3.71. The molecule has 1 saturated heterocycles. The molecule has 23 heavy (non-hydrogen) atoms. The van der Waals surface area contributed by atoms with E-state index < -0.39 is 0 Å². The average molecular weight is 312 g/mol. The smallest absolute Gasteiger partial charge is 0.241 e. The number of piperidine rings is 1. The lowest BCUT2D eigenvalue weighted by atomic mass is 9.97. The predicted molar refractivity (Wildman–Crippen MR) is 93.4 cm³/mol. The molecule has 1 amide bonds. The fourth-order valence-electron chi connectivity index (χ4n) is 3.20. The van der Waals surface area contributed by atoms with Crippen LogP contribution in [0.15, 0.2) is 42.5 Å². The molecule has 3 rings (SSSR count). The average Bonchev–Trinajstić information content (AvgIpc) is 2.61. The first-order valence-corrected chi connectivity index (χ1v) is 8.32. The standard InChI is InChI=1S/C19H24N2O2/c1-14(21-10-8-15(13-22)9-11-21)19(23)20-18-7-6-16-4-2-3-5-17(16)12-18/h2-7,12,14-15,22H,8-11,13H2,1H3,(H,20,23). The maximum Gasteiger partial charge on any atom is 0.241 e. The van der Waals surface area contributed by atoms with Crippen LogP contribution in [0.1, 0.15) is 19.8 Å². The number of fused-ring (bicyclic) bond motifs is 1. The Hall–Kier alpha value is -1.91. The Labute approximate surface area is 137 Å². The first-order chi connectivity index (χ1) is 11.2. The molecule has 1 atom stereocenters. The van der Waals surface area contributed by atoms with E-state index in [1.807, 2.05) is 43.3 Å². The van der Waals surface area contributed by atoms with Crippen molar-refractivity contribution in [1.29, 1.82) is 0 Å². The van der Waals surface area contributed by atoms with E-state index in [1.165, 1.54) is 5.39 Å². The Morgan fingerprint density at radius 3 is 2.61 bits per heavy atom. The lowest BCUT2D eigenvalue weighted by molar-refractivity contribution is -0.121. The fourth-order valence-corrected chi connectivity index (χ4v) is 3.20. The van der Waals surface area contributed by atoms with Crippen molar-refractivity contribution >= 4 is 22.4 Å². The number of rotatable bonds is 4. The van der Waals surface area contributed by atoms with Crippen molar-refractivity contribution in [2.75, 3.05) is 25.0 Å². The van der Waals surface area contributed by atoms with Crippen LogP contribution in [0, 0.1) is 5.92 Å². The van der Waals surface area contributed by atoms with Gasteiger partial charge in [-0.15, -0.1) is 0 Å². The molecule has 122 valence electrons.